The summed E-state index contributed by atoms with van der Waals surface area (Å²) in [6, 6.07) is 11.6. The predicted octanol–water partition coefficient (Wildman–Crippen LogP) is 3.97. The van der Waals surface area contributed by atoms with Crippen LogP contribution in [0.2, 0.25) is 5.02 Å². The fraction of sp³-hybridized carbons (Fsp3) is 0.294. The molecule has 20 heavy (non-hydrogen) atoms. The highest BCUT2D eigenvalue weighted by molar-refractivity contribution is 6.31. The molecule has 1 heterocycles. The van der Waals surface area contributed by atoms with Gasteiger partial charge in [0.15, 0.2) is 5.60 Å². The first-order valence-corrected chi connectivity index (χ1v) is 7.07. The Morgan fingerprint density at radius 3 is 2.45 bits per heavy atom. The first-order valence-electron chi connectivity index (χ1n) is 6.69. The Morgan fingerprint density at radius 1 is 1.15 bits per heavy atom. The lowest BCUT2D eigenvalue weighted by molar-refractivity contribution is 0.00392. The van der Waals surface area contributed by atoms with Gasteiger partial charge in [-0.1, -0.05) is 41.4 Å². The van der Waals surface area contributed by atoms with Crippen LogP contribution in [0.4, 0.5) is 0 Å². The quantitative estimate of drug-likeness (QED) is 0.860. The Bertz CT molecular complexity index is 663. The van der Waals surface area contributed by atoms with Crippen LogP contribution in [0.25, 0.3) is 0 Å². The van der Waals surface area contributed by atoms with Gasteiger partial charge in [-0.25, -0.2) is 0 Å². The summed E-state index contributed by atoms with van der Waals surface area (Å²) in [5.74, 6) is 0.711. The standard InChI is InChI=1S/C17H17ClO2/c1-10-4-6-13(7-5-10)17(19)12(3)20-16-8-11(2)15(18)9-14(16)17/h4-9,12,19H,1-3H3/t12-,17-/m0/s1. The van der Waals surface area contributed by atoms with Crippen molar-refractivity contribution in [1.82, 2.24) is 0 Å². The molecule has 1 aliphatic heterocycles. The van der Waals surface area contributed by atoms with E-state index in [9.17, 15) is 5.11 Å². The Labute approximate surface area is 124 Å². The van der Waals surface area contributed by atoms with Gasteiger partial charge in [-0.3, -0.25) is 0 Å². The van der Waals surface area contributed by atoms with E-state index in [0.717, 1.165) is 22.3 Å². The molecule has 104 valence electrons. The molecule has 2 nitrogen and oxygen atoms in total. The molecule has 0 spiro atoms. The van der Waals surface area contributed by atoms with Crippen LogP contribution in [0, 0.1) is 13.8 Å². The maximum absolute atomic E-state index is 11.2. The molecule has 0 radical (unpaired) electrons. The summed E-state index contributed by atoms with van der Waals surface area (Å²) >= 11 is 6.21. The first kappa shape index (κ1) is 13.5. The minimum Gasteiger partial charge on any atom is -0.487 e. The summed E-state index contributed by atoms with van der Waals surface area (Å²) < 4.78 is 5.83. The highest BCUT2D eigenvalue weighted by atomic mass is 35.5. The highest BCUT2D eigenvalue weighted by Crippen LogP contribution is 2.47. The number of rotatable bonds is 1. The van der Waals surface area contributed by atoms with Gasteiger partial charge in [0.1, 0.15) is 11.9 Å². The number of halogens is 1. The second-order valence-corrected chi connectivity index (χ2v) is 5.90. The minimum atomic E-state index is -1.15. The third-order valence-corrected chi connectivity index (χ3v) is 4.46. The highest BCUT2D eigenvalue weighted by Gasteiger charge is 2.47. The Hall–Kier alpha value is -1.51. The van der Waals surface area contributed by atoms with Crippen molar-refractivity contribution in [3.8, 4) is 5.75 Å². The zero-order chi connectivity index (χ0) is 14.5. The number of ether oxygens (including phenoxy) is 1. The lowest BCUT2D eigenvalue weighted by atomic mass is 9.83. The van der Waals surface area contributed by atoms with Crippen molar-refractivity contribution in [1.29, 1.82) is 0 Å². The van der Waals surface area contributed by atoms with E-state index in [1.165, 1.54) is 0 Å². The number of hydrogen-bond acceptors (Lipinski definition) is 2. The van der Waals surface area contributed by atoms with Gasteiger partial charge < -0.3 is 9.84 Å². The van der Waals surface area contributed by atoms with Crippen LogP contribution in [0.1, 0.15) is 29.2 Å². The monoisotopic (exact) mass is 288 g/mol. The third kappa shape index (κ3) is 1.83. The first-order chi connectivity index (χ1) is 9.42. The third-order valence-electron chi connectivity index (χ3n) is 4.06. The number of aliphatic hydroxyl groups is 1. The van der Waals surface area contributed by atoms with E-state index in [4.69, 9.17) is 16.3 Å². The van der Waals surface area contributed by atoms with E-state index in [2.05, 4.69) is 0 Å². The van der Waals surface area contributed by atoms with Gasteiger partial charge in [-0.2, -0.15) is 0 Å². The fourth-order valence-corrected chi connectivity index (χ4v) is 2.91. The Morgan fingerprint density at radius 2 is 1.80 bits per heavy atom. The normalized spacial score (nSPS) is 24.4. The van der Waals surface area contributed by atoms with E-state index < -0.39 is 5.60 Å². The van der Waals surface area contributed by atoms with Crippen LogP contribution < -0.4 is 4.74 Å². The molecule has 0 unspecified atom stereocenters. The molecule has 0 bridgehead atoms. The van der Waals surface area contributed by atoms with E-state index >= 15 is 0 Å². The topological polar surface area (TPSA) is 29.5 Å². The molecule has 3 heteroatoms. The second kappa shape index (κ2) is 4.51. The lowest BCUT2D eigenvalue weighted by Gasteiger charge is -2.27. The molecule has 2 aromatic carbocycles. The van der Waals surface area contributed by atoms with Crippen LogP contribution in [0.5, 0.6) is 5.75 Å². The smallest absolute Gasteiger partial charge is 0.155 e. The van der Waals surface area contributed by atoms with Gasteiger partial charge in [-0.15, -0.1) is 0 Å². The van der Waals surface area contributed by atoms with Gasteiger partial charge >= 0.3 is 0 Å². The van der Waals surface area contributed by atoms with Gasteiger partial charge in [0, 0.05) is 10.6 Å². The molecule has 3 rings (SSSR count). The Balaban J connectivity index is 2.20. The molecule has 1 aliphatic rings. The summed E-state index contributed by atoms with van der Waals surface area (Å²) in [5, 5.41) is 11.9. The molecule has 0 saturated heterocycles. The molecule has 2 aromatic rings. The summed E-state index contributed by atoms with van der Waals surface area (Å²) in [6.07, 6.45) is -0.349. The van der Waals surface area contributed by atoms with Crippen molar-refractivity contribution < 1.29 is 9.84 Å². The summed E-state index contributed by atoms with van der Waals surface area (Å²) in [5.41, 5.74) is 2.52. The molecule has 0 fully saturated rings. The van der Waals surface area contributed by atoms with Gasteiger partial charge in [0.2, 0.25) is 0 Å². The van der Waals surface area contributed by atoms with Crippen molar-refractivity contribution in [2.75, 3.05) is 0 Å². The maximum atomic E-state index is 11.2. The minimum absolute atomic E-state index is 0.349. The summed E-state index contributed by atoms with van der Waals surface area (Å²) in [6.45, 7) is 5.83. The van der Waals surface area contributed by atoms with Gasteiger partial charge in [0.25, 0.3) is 0 Å². The van der Waals surface area contributed by atoms with Crippen LogP contribution in [-0.2, 0) is 5.60 Å². The zero-order valence-corrected chi connectivity index (χ0v) is 12.5. The predicted molar refractivity (Wildman–Crippen MR) is 80.5 cm³/mol. The molecule has 0 aliphatic carbocycles. The van der Waals surface area contributed by atoms with Crippen molar-refractivity contribution in [2.24, 2.45) is 0 Å². The fourth-order valence-electron chi connectivity index (χ4n) is 2.74. The molecule has 0 saturated carbocycles. The largest absolute Gasteiger partial charge is 0.487 e. The summed E-state index contributed by atoms with van der Waals surface area (Å²) in [4.78, 5) is 0. The Kier molecular flexibility index (Phi) is 3.03. The number of aryl methyl sites for hydroxylation is 2. The van der Waals surface area contributed by atoms with Crippen LogP contribution in [0.15, 0.2) is 36.4 Å². The maximum Gasteiger partial charge on any atom is 0.155 e. The molecule has 1 N–H and O–H groups in total. The van der Waals surface area contributed by atoms with E-state index in [-0.39, 0.29) is 6.10 Å². The van der Waals surface area contributed by atoms with Crippen LogP contribution in [-0.4, -0.2) is 11.2 Å². The number of benzene rings is 2. The van der Waals surface area contributed by atoms with Crippen LogP contribution in [0.3, 0.4) is 0 Å². The molecule has 2 atom stereocenters. The van der Waals surface area contributed by atoms with E-state index in [0.29, 0.717) is 10.8 Å². The molecular formula is C17H17ClO2. The molecule has 0 aromatic heterocycles. The van der Waals surface area contributed by atoms with Crippen molar-refractivity contribution in [2.45, 2.75) is 32.5 Å². The number of fused-ring (bicyclic) bond motifs is 1. The SMILES string of the molecule is Cc1ccc([C@]2(O)c3cc(Cl)c(C)cc3O[C@H]2C)cc1. The van der Waals surface area contributed by atoms with Crippen molar-refractivity contribution in [3.05, 3.63) is 63.7 Å². The van der Waals surface area contributed by atoms with Crippen LogP contribution >= 0.6 is 11.6 Å². The molecular weight excluding hydrogens is 272 g/mol. The van der Waals surface area contributed by atoms with E-state index in [1.807, 2.05) is 57.2 Å². The van der Waals surface area contributed by atoms with Gasteiger partial charge in [0.05, 0.1) is 0 Å². The second-order valence-electron chi connectivity index (χ2n) is 5.49. The van der Waals surface area contributed by atoms with Crippen molar-refractivity contribution in [3.63, 3.8) is 0 Å². The molecule has 0 amide bonds. The summed E-state index contributed by atoms with van der Waals surface area (Å²) in [7, 11) is 0. The average molecular weight is 289 g/mol. The van der Waals surface area contributed by atoms with Crippen molar-refractivity contribution >= 4 is 11.6 Å². The number of hydrogen-bond donors (Lipinski definition) is 1. The van der Waals surface area contributed by atoms with E-state index in [1.54, 1.807) is 0 Å². The zero-order valence-electron chi connectivity index (χ0n) is 11.8. The average Bonchev–Trinajstić information content (AvgIpc) is 2.65. The van der Waals surface area contributed by atoms with Gasteiger partial charge in [-0.05, 0) is 44.0 Å². The lowest BCUT2D eigenvalue weighted by Crippen LogP contribution is -2.36.